The van der Waals surface area contributed by atoms with Crippen molar-refractivity contribution in [2.24, 2.45) is 5.92 Å². The lowest BCUT2D eigenvalue weighted by Crippen LogP contribution is -2.57. The lowest BCUT2D eigenvalue weighted by atomic mass is 9.99. The van der Waals surface area contributed by atoms with Gasteiger partial charge in [-0.1, -0.05) is 13.8 Å². The lowest BCUT2D eigenvalue weighted by Gasteiger charge is -2.36. The number of amides is 2. The minimum atomic E-state index is -0.838. The van der Waals surface area contributed by atoms with Crippen LogP contribution in [0.25, 0.3) is 0 Å². The van der Waals surface area contributed by atoms with Crippen molar-refractivity contribution in [1.82, 2.24) is 10.2 Å². The maximum Gasteiger partial charge on any atom is 0.270 e. The molecule has 1 aromatic carbocycles. The van der Waals surface area contributed by atoms with Crippen LogP contribution in [0.15, 0.2) is 18.2 Å². The first kappa shape index (κ1) is 16.9. The fraction of sp³-hybridized carbons (Fsp3) is 0.467. The fourth-order valence-electron chi connectivity index (χ4n) is 2.58. The molecule has 0 saturated carbocycles. The van der Waals surface area contributed by atoms with Crippen molar-refractivity contribution in [2.45, 2.75) is 26.3 Å². The highest BCUT2D eigenvalue weighted by molar-refractivity contribution is 5.98. The molecule has 1 heterocycles. The molecule has 1 aliphatic heterocycles. The second-order valence-electron chi connectivity index (χ2n) is 5.86. The molecule has 0 aromatic heterocycles. The van der Waals surface area contributed by atoms with Gasteiger partial charge in [0, 0.05) is 25.2 Å². The SMILES string of the molecule is CC(C)C[C@H]1C(=O)NCCN1C(=O)c1cc([N+](=O)[O-])ccc1F. The number of piperazine rings is 1. The molecule has 1 atom stereocenters. The number of hydrogen-bond acceptors (Lipinski definition) is 4. The van der Waals surface area contributed by atoms with Crippen LogP contribution in [0, 0.1) is 21.8 Å². The van der Waals surface area contributed by atoms with E-state index < -0.39 is 22.7 Å². The molecule has 8 heteroatoms. The molecule has 2 amide bonds. The maximum absolute atomic E-state index is 14.0. The van der Waals surface area contributed by atoms with Crippen LogP contribution < -0.4 is 5.32 Å². The van der Waals surface area contributed by atoms with E-state index in [0.717, 1.165) is 18.2 Å². The van der Waals surface area contributed by atoms with Gasteiger partial charge in [0.15, 0.2) is 0 Å². The summed E-state index contributed by atoms with van der Waals surface area (Å²) >= 11 is 0. The molecule has 124 valence electrons. The summed E-state index contributed by atoms with van der Waals surface area (Å²) in [5.74, 6) is -1.67. The number of benzene rings is 1. The van der Waals surface area contributed by atoms with Crippen LogP contribution >= 0.6 is 0 Å². The summed E-state index contributed by atoms with van der Waals surface area (Å²) in [6, 6.07) is 2.11. The van der Waals surface area contributed by atoms with Gasteiger partial charge in [-0.3, -0.25) is 19.7 Å². The third-order valence-corrected chi connectivity index (χ3v) is 3.68. The van der Waals surface area contributed by atoms with Gasteiger partial charge in [0.1, 0.15) is 11.9 Å². The van der Waals surface area contributed by atoms with Crippen LogP contribution in [0.5, 0.6) is 0 Å². The van der Waals surface area contributed by atoms with Crippen LogP contribution in [0.4, 0.5) is 10.1 Å². The van der Waals surface area contributed by atoms with Crippen molar-refractivity contribution in [3.8, 4) is 0 Å². The zero-order valence-corrected chi connectivity index (χ0v) is 12.9. The molecule has 2 rings (SSSR count). The number of carbonyl (C=O) groups is 2. The number of nitro groups is 1. The third-order valence-electron chi connectivity index (χ3n) is 3.68. The molecule has 1 aliphatic rings. The normalized spacial score (nSPS) is 18.0. The maximum atomic E-state index is 14.0. The summed E-state index contributed by atoms with van der Waals surface area (Å²) < 4.78 is 14.0. The zero-order chi connectivity index (χ0) is 17.1. The standard InChI is InChI=1S/C15H18FN3O4/c1-9(2)7-13-14(20)17-5-6-18(13)15(21)11-8-10(19(22)23)3-4-12(11)16/h3-4,8-9,13H,5-7H2,1-2H3,(H,17,20)/t13-/m0/s1. The number of rotatable bonds is 4. The van der Waals surface area contributed by atoms with Gasteiger partial charge in [0.25, 0.3) is 11.6 Å². The highest BCUT2D eigenvalue weighted by Gasteiger charge is 2.35. The van der Waals surface area contributed by atoms with E-state index in [1.54, 1.807) is 0 Å². The van der Waals surface area contributed by atoms with Gasteiger partial charge in [-0.05, 0) is 18.4 Å². The summed E-state index contributed by atoms with van der Waals surface area (Å²) in [4.78, 5) is 36.1. The predicted molar refractivity (Wildman–Crippen MR) is 80.3 cm³/mol. The Morgan fingerprint density at radius 2 is 2.22 bits per heavy atom. The van der Waals surface area contributed by atoms with Gasteiger partial charge in [-0.25, -0.2) is 4.39 Å². The molecule has 0 spiro atoms. The number of carbonyl (C=O) groups excluding carboxylic acids is 2. The topological polar surface area (TPSA) is 92.6 Å². The third kappa shape index (κ3) is 3.64. The van der Waals surface area contributed by atoms with Crippen LogP contribution in [0.1, 0.15) is 30.6 Å². The van der Waals surface area contributed by atoms with Crippen molar-refractivity contribution < 1.29 is 18.9 Å². The number of nitrogens with zero attached hydrogens (tertiary/aromatic N) is 2. The predicted octanol–water partition coefficient (Wildman–Crippen LogP) is 1.72. The number of nitrogens with one attached hydrogen (secondary N) is 1. The Bertz CT molecular complexity index is 648. The Morgan fingerprint density at radius 1 is 1.52 bits per heavy atom. The average Bonchev–Trinajstić information content (AvgIpc) is 2.48. The van der Waals surface area contributed by atoms with E-state index in [2.05, 4.69) is 5.32 Å². The second kappa shape index (κ2) is 6.72. The van der Waals surface area contributed by atoms with Crippen LogP contribution in [-0.2, 0) is 4.79 Å². The molecule has 0 unspecified atom stereocenters. The molecular weight excluding hydrogens is 305 g/mol. The molecule has 1 aromatic rings. The van der Waals surface area contributed by atoms with Crippen LogP contribution in [0.3, 0.4) is 0 Å². The number of hydrogen-bond donors (Lipinski definition) is 1. The summed E-state index contributed by atoms with van der Waals surface area (Å²) in [5, 5.41) is 13.5. The molecule has 1 saturated heterocycles. The average molecular weight is 323 g/mol. The number of halogens is 1. The largest absolute Gasteiger partial charge is 0.353 e. The quantitative estimate of drug-likeness (QED) is 0.674. The van der Waals surface area contributed by atoms with Crippen LogP contribution in [-0.4, -0.2) is 40.8 Å². The van der Waals surface area contributed by atoms with Gasteiger partial charge in [0.05, 0.1) is 10.5 Å². The zero-order valence-electron chi connectivity index (χ0n) is 12.9. The van der Waals surface area contributed by atoms with E-state index in [1.807, 2.05) is 13.8 Å². The Hall–Kier alpha value is -2.51. The van der Waals surface area contributed by atoms with Gasteiger partial charge in [-0.2, -0.15) is 0 Å². The van der Waals surface area contributed by atoms with E-state index in [-0.39, 0.29) is 36.2 Å². The van der Waals surface area contributed by atoms with Crippen molar-refractivity contribution in [3.05, 3.63) is 39.7 Å². The van der Waals surface area contributed by atoms with Gasteiger partial charge >= 0.3 is 0 Å². The van der Waals surface area contributed by atoms with Crippen molar-refractivity contribution >= 4 is 17.5 Å². The number of non-ortho nitro benzene ring substituents is 1. The first-order chi connectivity index (χ1) is 10.8. The smallest absolute Gasteiger partial charge is 0.270 e. The summed E-state index contributed by atoms with van der Waals surface area (Å²) in [6.45, 7) is 4.34. The summed E-state index contributed by atoms with van der Waals surface area (Å²) in [5.41, 5.74) is -0.751. The number of nitro benzene ring substituents is 1. The monoisotopic (exact) mass is 323 g/mol. The second-order valence-corrected chi connectivity index (χ2v) is 5.86. The van der Waals surface area contributed by atoms with E-state index in [1.165, 1.54) is 4.90 Å². The first-order valence-electron chi connectivity index (χ1n) is 7.34. The summed E-state index contributed by atoms with van der Waals surface area (Å²) in [7, 11) is 0. The van der Waals surface area contributed by atoms with Crippen molar-refractivity contribution in [3.63, 3.8) is 0 Å². The first-order valence-corrected chi connectivity index (χ1v) is 7.34. The van der Waals surface area contributed by atoms with Crippen molar-refractivity contribution in [1.29, 1.82) is 0 Å². The van der Waals surface area contributed by atoms with E-state index in [0.29, 0.717) is 6.42 Å². The highest BCUT2D eigenvalue weighted by atomic mass is 19.1. The molecule has 1 fully saturated rings. The Balaban J connectivity index is 2.35. The molecule has 0 radical (unpaired) electrons. The minimum absolute atomic E-state index is 0.161. The van der Waals surface area contributed by atoms with Gasteiger partial charge in [0.2, 0.25) is 5.91 Å². The van der Waals surface area contributed by atoms with Crippen LogP contribution in [0.2, 0.25) is 0 Å². The summed E-state index contributed by atoms with van der Waals surface area (Å²) in [6.07, 6.45) is 0.439. The molecule has 0 aliphatic carbocycles. The Morgan fingerprint density at radius 3 is 2.83 bits per heavy atom. The molecule has 0 bridgehead atoms. The van der Waals surface area contributed by atoms with E-state index >= 15 is 0 Å². The molecular formula is C15H18FN3O4. The van der Waals surface area contributed by atoms with E-state index in [9.17, 15) is 24.1 Å². The molecule has 1 N–H and O–H groups in total. The Labute approximate surface area is 132 Å². The highest BCUT2D eigenvalue weighted by Crippen LogP contribution is 2.22. The Kier molecular flexibility index (Phi) is 4.92. The van der Waals surface area contributed by atoms with Crippen molar-refractivity contribution in [2.75, 3.05) is 13.1 Å². The van der Waals surface area contributed by atoms with Gasteiger partial charge < -0.3 is 10.2 Å². The fourth-order valence-corrected chi connectivity index (χ4v) is 2.58. The van der Waals surface area contributed by atoms with Gasteiger partial charge in [-0.15, -0.1) is 0 Å². The van der Waals surface area contributed by atoms with E-state index in [4.69, 9.17) is 0 Å². The lowest BCUT2D eigenvalue weighted by molar-refractivity contribution is -0.384. The molecule has 7 nitrogen and oxygen atoms in total. The minimum Gasteiger partial charge on any atom is -0.353 e. The molecule has 23 heavy (non-hydrogen) atoms.